The first-order valence-corrected chi connectivity index (χ1v) is 5.33. The van der Waals surface area contributed by atoms with E-state index in [1.54, 1.807) is 0 Å². The lowest BCUT2D eigenvalue weighted by molar-refractivity contribution is 0.111. The summed E-state index contributed by atoms with van der Waals surface area (Å²) in [5.41, 5.74) is 7.86. The molecule has 0 saturated heterocycles. The molecule has 0 fully saturated rings. The number of fused-ring (bicyclic) bond motifs is 1. The number of aromatic nitrogens is 1. The highest BCUT2D eigenvalue weighted by atomic mass is 16.3. The number of rotatable bonds is 3. The molecule has 2 heterocycles. The van der Waals surface area contributed by atoms with E-state index in [1.807, 2.05) is 12.3 Å². The minimum Gasteiger partial charge on any atom is -0.390 e. The Balaban J connectivity index is 1.99. The van der Waals surface area contributed by atoms with Gasteiger partial charge in [-0.05, 0) is 11.6 Å². The Labute approximate surface area is 89.7 Å². The van der Waals surface area contributed by atoms with Gasteiger partial charge in [-0.2, -0.15) is 0 Å². The van der Waals surface area contributed by atoms with Crippen molar-refractivity contribution in [2.75, 3.05) is 19.6 Å². The number of hydrogen-bond acceptors (Lipinski definition) is 4. The van der Waals surface area contributed by atoms with Crippen molar-refractivity contribution < 1.29 is 5.11 Å². The number of pyridine rings is 1. The van der Waals surface area contributed by atoms with Gasteiger partial charge in [-0.25, -0.2) is 0 Å². The summed E-state index contributed by atoms with van der Waals surface area (Å²) in [6, 6.07) is 4.06. The lowest BCUT2D eigenvalue weighted by Crippen LogP contribution is -2.39. The Hall–Kier alpha value is -0.970. The summed E-state index contributed by atoms with van der Waals surface area (Å²) in [6.07, 6.45) is 2.39. The second-order valence-electron chi connectivity index (χ2n) is 3.98. The van der Waals surface area contributed by atoms with Crippen molar-refractivity contribution >= 4 is 0 Å². The van der Waals surface area contributed by atoms with Crippen LogP contribution in [0, 0.1) is 0 Å². The van der Waals surface area contributed by atoms with Gasteiger partial charge < -0.3 is 10.8 Å². The molecule has 1 unspecified atom stereocenters. The summed E-state index contributed by atoms with van der Waals surface area (Å²) in [5.74, 6) is 0. The minimum atomic E-state index is -0.414. The Bertz CT molecular complexity index is 329. The molecular weight excluding hydrogens is 190 g/mol. The summed E-state index contributed by atoms with van der Waals surface area (Å²) in [5, 5.41) is 9.48. The molecule has 0 radical (unpaired) electrons. The molecule has 4 nitrogen and oxygen atoms in total. The van der Waals surface area contributed by atoms with Crippen LogP contribution in [-0.4, -0.2) is 40.7 Å². The molecule has 1 aromatic heterocycles. The second kappa shape index (κ2) is 4.70. The Morgan fingerprint density at radius 3 is 3.27 bits per heavy atom. The normalized spacial score (nSPS) is 18.5. The number of aliphatic hydroxyl groups is 1. The maximum atomic E-state index is 9.48. The molecule has 0 aliphatic carbocycles. The minimum absolute atomic E-state index is 0.330. The van der Waals surface area contributed by atoms with Gasteiger partial charge in [-0.15, -0.1) is 0 Å². The summed E-state index contributed by atoms with van der Waals surface area (Å²) < 4.78 is 0. The monoisotopic (exact) mass is 207 g/mol. The number of aliphatic hydroxyl groups excluding tert-OH is 1. The van der Waals surface area contributed by atoms with Crippen molar-refractivity contribution in [3.05, 3.63) is 29.6 Å². The van der Waals surface area contributed by atoms with E-state index in [4.69, 9.17) is 5.73 Å². The van der Waals surface area contributed by atoms with Crippen molar-refractivity contribution in [3.63, 3.8) is 0 Å². The van der Waals surface area contributed by atoms with Crippen LogP contribution in [0.5, 0.6) is 0 Å². The van der Waals surface area contributed by atoms with Gasteiger partial charge in [0.25, 0.3) is 0 Å². The quantitative estimate of drug-likeness (QED) is 0.718. The average molecular weight is 207 g/mol. The standard InChI is InChI=1S/C11H17N3O/c12-6-10(15)8-14-5-3-11-9(7-14)2-1-4-13-11/h1-2,4,10,15H,3,5-8,12H2. The van der Waals surface area contributed by atoms with Crippen molar-refractivity contribution in [1.29, 1.82) is 0 Å². The fourth-order valence-corrected chi connectivity index (χ4v) is 1.95. The lowest BCUT2D eigenvalue weighted by atomic mass is 10.1. The summed E-state index contributed by atoms with van der Waals surface area (Å²) in [4.78, 5) is 6.56. The third kappa shape index (κ3) is 2.53. The topological polar surface area (TPSA) is 62.4 Å². The van der Waals surface area contributed by atoms with E-state index in [9.17, 15) is 5.11 Å². The summed E-state index contributed by atoms with van der Waals surface area (Å²) in [7, 11) is 0. The molecule has 82 valence electrons. The molecule has 0 bridgehead atoms. The number of nitrogens with two attached hydrogens (primary N) is 1. The van der Waals surface area contributed by atoms with E-state index in [0.717, 1.165) is 19.5 Å². The molecule has 0 amide bonds. The Kier molecular flexibility index (Phi) is 3.30. The van der Waals surface area contributed by atoms with Gasteiger partial charge in [-0.3, -0.25) is 9.88 Å². The number of hydrogen-bond donors (Lipinski definition) is 2. The van der Waals surface area contributed by atoms with E-state index in [2.05, 4.69) is 16.0 Å². The molecule has 0 spiro atoms. The van der Waals surface area contributed by atoms with E-state index < -0.39 is 6.10 Å². The van der Waals surface area contributed by atoms with Gasteiger partial charge in [0.15, 0.2) is 0 Å². The maximum Gasteiger partial charge on any atom is 0.0789 e. The lowest BCUT2D eigenvalue weighted by Gasteiger charge is -2.29. The molecule has 1 aromatic rings. The van der Waals surface area contributed by atoms with Crippen LogP contribution in [0.2, 0.25) is 0 Å². The third-order valence-electron chi connectivity index (χ3n) is 2.78. The number of β-amino-alcohol motifs (C(OH)–C–C–N with tert-alkyl or cyclic N) is 1. The van der Waals surface area contributed by atoms with E-state index >= 15 is 0 Å². The zero-order valence-corrected chi connectivity index (χ0v) is 8.76. The summed E-state index contributed by atoms with van der Waals surface area (Å²) in [6.45, 7) is 2.82. The molecule has 1 atom stereocenters. The first-order chi connectivity index (χ1) is 7.29. The van der Waals surface area contributed by atoms with Crippen LogP contribution >= 0.6 is 0 Å². The third-order valence-corrected chi connectivity index (χ3v) is 2.78. The van der Waals surface area contributed by atoms with Crippen LogP contribution in [0.15, 0.2) is 18.3 Å². The molecule has 0 saturated carbocycles. The van der Waals surface area contributed by atoms with E-state index in [-0.39, 0.29) is 0 Å². The van der Waals surface area contributed by atoms with Crippen molar-refractivity contribution in [1.82, 2.24) is 9.88 Å². The largest absolute Gasteiger partial charge is 0.390 e. The molecule has 4 heteroatoms. The first-order valence-electron chi connectivity index (χ1n) is 5.33. The fourth-order valence-electron chi connectivity index (χ4n) is 1.95. The first kappa shape index (κ1) is 10.5. The van der Waals surface area contributed by atoms with Gasteiger partial charge in [-0.1, -0.05) is 6.07 Å². The van der Waals surface area contributed by atoms with E-state index in [0.29, 0.717) is 13.1 Å². The van der Waals surface area contributed by atoms with Crippen molar-refractivity contribution in [3.8, 4) is 0 Å². The molecular formula is C11H17N3O. The molecule has 1 aliphatic rings. The molecule has 1 aliphatic heterocycles. The number of nitrogens with zero attached hydrogens (tertiary/aromatic N) is 2. The molecule has 3 N–H and O–H groups in total. The molecule has 2 rings (SSSR count). The van der Waals surface area contributed by atoms with Crippen LogP contribution in [0.25, 0.3) is 0 Å². The summed E-state index contributed by atoms with van der Waals surface area (Å²) >= 11 is 0. The van der Waals surface area contributed by atoms with Crippen molar-refractivity contribution in [2.24, 2.45) is 5.73 Å². The predicted molar refractivity (Wildman–Crippen MR) is 58.3 cm³/mol. The Morgan fingerprint density at radius 1 is 1.60 bits per heavy atom. The molecule has 15 heavy (non-hydrogen) atoms. The van der Waals surface area contributed by atoms with Gasteiger partial charge >= 0.3 is 0 Å². The highest BCUT2D eigenvalue weighted by Crippen LogP contribution is 2.16. The second-order valence-corrected chi connectivity index (χ2v) is 3.98. The fraction of sp³-hybridized carbons (Fsp3) is 0.545. The SMILES string of the molecule is NCC(O)CN1CCc2ncccc2C1. The van der Waals surface area contributed by atoms with Crippen LogP contribution in [-0.2, 0) is 13.0 Å². The van der Waals surface area contributed by atoms with Crippen LogP contribution in [0.3, 0.4) is 0 Å². The highest BCUT2D eigenvalue weighted by molar-refractivity contribution is 5.22. The predicted octanol–water partition coefficient (Wildman–Crippen LogP) is -0.241. The van der Waals surface area contributed by atoms with Crippen LogP contribution in [0.4, 0.5) is 0 Å². The zero-order chi connectivity index (χ0) is 10.7. The van der Waals surface area contributed by atoms with Gasteiger partial charge in [0, 0.05) is 44.5 Å². The molecule has 0 aromatic carbocycles. The van der Waals surface area contributed by atoms with Crippen LogP contribution in [0.1, 0.15) is 11.3 Å². The maximum absolute atomic E-state index is 9.48. The highest BCUT2D eigenvalue weighted by Gasteiger charge is 2.18. The van der Waals surface area contributed by atoms with Gasteiger partial charge in [0.2, 0.25) is 0 Å². The van der Waals surface area contributed by atoms with Gasteiger partial charge in [0.1, 0.15) is 0 Å². The van der Waals surface area contributed by atoms with Crippen molar-refractivity contribution in [2.45, 2.75) is 19.1 Å². The van der Waals surface area contributed by atoms with Gasteiger partial charge in [0.05, 0.1) is 6.10 Å². The zero-order valence-electron chi connectivity index (χ0n) is 8.76. The Morgan fingerprint density at radius 2 is 2.47 bits per heavy atom. The average Bonchev–Trinajstić information content (AvgIpc) is 2.29. The smallest absolute Gasteiger partial charge is 0.0789 e. The van der Waals surface area contributed by atoms with E-state index in [1.165, 1.54) is 11.3 Å². The van der Waals surface area contributed by atoms with Crippen LogP contribution < -0.4 is 5.73 Å².